The minimum Gasteiger partial charge on any atom is -0.497 e. The van der Waals surface area contributed by atoms with Gasteiger partial charge in [0, 0.05) is 17.4 Å². The summed E-state index contributed by atoms with van der Waals surface area (Å²) < 4.78 is 11.5. The molecule has 0 aliphatic carbocycles. The fourth-order valence-corrected chi connectivity index (χ4v) is 5.74. The van der Waals surface area contributed by atoms with E-state index in [2.05, 4.69) is 15.6 Å². The van der Waals surface area contributed by atoms with Crippen molar-refractivity contribution in [3.63, 3.8) is 0 Å². The van der Waals surface area contributed by atoms with Crippen LogP contribution in [0.1, 0.15) is 15.9 Å². The molecule has 0 aliphatic heterocycles. The zero-order chi connectivity index (χ0) is 29.8. The lowest BCUT2D eigenvalue weighted by Crippen LogP contribution is -2.45. The lowest BCUT2D eigenvalue weighted by atomic mass is 10.0. The Balaban J connectivity index is 1.32. The number of hydrogen-bond acceptors (Lipinski definition) is 7. The summed E-state index contributed by atoms with van der Waals surface area (Å²) in [5, 5.41) is 7.05. The highest BCUT2D eigenvalue weighted by Gasteiger charge is 2.25. The molecule has 0 saturated carbocycles. The summed E-state index contributed by atoms with van der Waals surface area (Å²) in [6.07, 6.45) is 0.297. The number of thiazole rings is 1. The third kappa shape index (κ3) is 6.17. The number of rotatable bonds is 9. The van der Waals surface area contributed by atoms with Crippen LogP contribution in [0.3, 0.4) is 0 Å². The van der Waals surface area contributed by atoms with Crippen molar-refractivity contribution in [3.05, 3.63) is 114 Å². The van der Waals surface area contributed by atoms with Gasteiger partial charge in [-0.15, -0.1) is 0 Å². The van der Waals surface area contributed by atoms with E-state index in [4.69, 9.17) is 14.5 Å². The topological polar surface area (TPSA) is 102 Å². The Morgan fingerprint density at radius 2 is 1.51 bits per heavy atom. The standard InChI is InChI=1S/C34H28N4O4S/c1-41-23-14-12-22(13-15-23)29-20-26(25-10-6-7-11-27(25)35-29)32(39)36-30(18-21-8-4-3-5-9-21)33(40)38-34-37-28-17-16-24(42-2)19-31(28)43-34/h3-17,19-20,30H,18H2,1-2H3,(H,36,39)(H,37,38,40). The molecule has 2 heterocycles. The van der Waals surface area contributed by atoms with Gasteiger partial charge in [0.05, 0.1) is 41.2 Å². The normalized spacial score (nSPS) is 11.7. The third-order valence-corrected chi connectivity index (χ3v) is 8.01. The van der Waals surface area contributed by atoms with Gasteiger partial charge in [-0.05, 0) is 60.2 Å². The second-order valence-electron chi connectivity index (χ2n) is 9.86. The van der Waals surface area contributed by atoms with E-state index >= 15 is 0 Å². The van der Waals surface area contributed by atoms with Gasteiger partial charge in [0.2, 0.25) is 5.91 Å². The number of anilines is 1. The number of benzene rings is 4. The lowest BCUT2D eigenvalue weighted by molar-refractivity contribution is -0.118. The first-order valence-corrected chi connectivity index (χ1v) is 14.5. The van der Waals surface area contributed by atoms with Gasteiger partial charge in [0.25, 0.3) is 5.91 Å². The molecule has 4 aromatic carbocycles. The zero-order valence-corrected chi connectivity index (χ0v) is 24.4. The van der Waals surface area contributed by atoms with Crippen molar-refractivity contribution in [2.24, 2.45) is 0 Å². The number of fused-ring (bicyclic) bond motifs is 2. The highest BCUT2D eigenvalue weighted by molar-refractivity contribution is 7.22. The number of carbonyl (C=O) groups excluding carboxylic acids is 2. The Hall–Kier alpha value is -5.28. The van der Waals surface area contributed by atoms with Crippen LogP contribution in [0.15, 0.2) is 103 Å². The summed E-state index contributed by atoms with van der Waals surface area (Å²) in [5.41, 5.74) is 4.24. The maximum atomic E-state index is 13.9. The van der Waals surface area contributed by atoms with E-state index in [0.717, 1.165) is 27.1 Å². The molecule has 1 atom stereocenters. The second-order valence-corrected chi connectivity index (χ2v) is 10.9. The van der Waals surface area contributed by atoms with Crippen molar-refractivity contribution < 1.29 is 19.1 Å². The van der Waals surface area contributed by atoms with Crippen LogP contribution >= 0.6 is 11.3 Å². The van der Waals surface area contributed by atoms with Crippen molar-refractivity contribution in [1.82, 2.24) is 15.3 Å². The monoisotopic (exact) mass is 588 g/mol. The molecule has 0 fully saturated rings. The Morgan fingerprint density at radius 3 is 2.28 bits per heavy atom. The average molecular weight is 589 g/mol. The molecule has 6 aromatic rings. The molecule has 214 valence electrons. The van der Waals surface area contributed by atoms with E-state index in [1.165, 1.54) is 11.3 Å². The van der Waals surface area contributed by atoms with Gasteiger partial charge in [0.15, 0.2) is 5.13 Å². The maximum Gasteiger partial charge on any atom is 0.252 e. The van der Waals surface area contributed by atoms with Crippen molar-refractivity contribution >= 4 is 49.4 Å². The molecule has 0 bridgehead atoms. The van der Waals surface area contributed by atoms with Crippen molar-refractivity contribution in [1.29, 1.82) is 0 Å². The van der Waals surface area contributed by atoms with E-state index in [-0.39, 0.29) is 11.8 Å². The molecule has 0 spiro atoms. The number of nitrogens with zero attached hydrogens (tertiary/aromatic N) is 2. The second kappa shape index (κ2) is 12.3. The number of methoxy groups -OCH3 is 2. The fraction of sp³-hybridized carbons (Fsp3) is 0.118. The average Bonchev–Trinajstić information content (AvgIpc) is 3.45. The molecular weight excluding hydrogens is 560 g/mol. The molecule has 6 rings (SSSR count). The number of pyridine rings is 1. The Morgan fingerprint density at radius 1 is 0.791 bits per heavy atom. The van der Waals surface area contributed by atoms with Crippen molar-refractivity contribution in [2.45, 2.75) is 12.5 Å². The highest BCUT2D eigenvalue weighted by atomic mass is 32.1. The Kier molecular flexibility index (Phi) is 7.97. The summed E-state index contributed by atoms with van der Waals surface area (Å²) in [7, 11) is 3.22. The first-order valence-electron chi connectivity index (χ1n) is 13.6. The van der Waals surface area contributed by atoms with E-state index < -0.39 is 6.04 Å². The van der Waals surface area contributed by atoms with Crippen molar-refractivity contribution in [2.75, 3.05) is 19.5 Å². The van der Waals surface area contributed by atoms with Gasteiger partial charge >= 0.3 is 0 Å². The van der Waals surface area contributed by atoms with Gasteiger partial charge < -0.3 is 20.1 Å². The zero-order valence-electron chi connectivity index (χ0n) is 23.5. The third-order valence-electron chi connectivity index (χ3n) is 7.08. The number of ether oxygens (including phenoxy) is 2. The number of hydrogen-bond donors (Lipinski definition) is 2. The quantitative estimate of drug-likeness (QED) is 0.200. The predicted octanol–water partition coefficient (Wildman–Crippen LogP) is 6.51. The number of aromatic nitrogens is 2. The molecule has 9 heteroatoms. The number of carbonyl (C=O) groups is 2. The largest absolute Gasteiger partial charge is 0.497 e. The molecule has 43 heavy (non-hydrogen) atoms. The van der Waals surface area contributed by atoms with E-state index in [0.29, 0.717) is 39.5 Å². The van der Waals surface area contributed by atoms with Crippen LogP contribution in [0.25, 0.3) is 32.4 Å². The van der Waals surface area contributed by atoms with Gasteiger partial charge in [-0.3, -0.25) is 9.59 Å². The van der Waals surface area contributed by atoms with Crippen molar-refractivity contribution in [3.8, 4) is 22.8 Å². The van der Waals surface area contributed by atoms with Gasteiger partial charge in [-0.25, -0.2) is 9.97 Å². The Labute approximate surface area is 252 Å². The molecule has 0 radical (unpaired) electrons. The van der Waals surface area contributed by atoms with Crippen LogP contribution in [-0.4, -0.2) is 42.0 Å². The van der Waals surface area contributed by atoms with Crippen LogP contribution < -0.4 is 20.1 Å². The SMILES string of the molecule is COc1ccc(-c2cc(C(=O)NC(Cc3ccccc3)C(=O)Nc3nc4ccc(OC)cc4s3)c3ccccc3n2)cc1. The minimum atomic E-state index is -0.868. The predicted molar refractivity (Wildman–Crippen MR) is 170 cm³/mol. The molecule has 2 N–H and O–H groups in total. The molecule has 2 aromatic heterocycles. The minimum absolute atomic E-state index is 0.297. The van der Waals surface area contributed by atoms with Gasteiger partial charge in [-0.1, -0.05) is 59.9 Å². The lowest BCUT2D eigenvalue weighted by Gasteiger charge is -2.19. The molecular formula is C34H28N4O4S. The highest BCUT2D eigenvalue weighted by Crippen LogP contribution is 2.30. The molecule has 1 unspecified atom stereocenters. The number of amides is 2. The van der Waals surface area contributed by atoms with E-state index in [1.54, 1.807) is 20.3 Å². The summed E-state index contributed by atoms with van der Waals surface area (Å²) in [6.45, 7) is 0. The summed E-state index contributed by atoms with van der Waals surface area (Å²) in [6, 6.07) is 31.0. The Bertz CT molecular complexity index is 1920. The molecule has 0 saturated heterocycles. The fourth-order valence-electron chi connectivity index (χ4n) is 4.85. The maximum absolute atomic E-state index is 13.9. The first kappa shape index (κ1) is 27.9. The molecule has 0 aliphatic rings. The number of para-hydroxylation sites is 1. The van der Waals surface area contributed by atoms with Crippen LogP contribution in [0, 0.1) is 0 Å². The van der Waals surface area contributed by atoms with Crippen LogP contribution in [-0.2, 0) is 11.2 Å². The first-order chi connectivity index (χ1) is 21.0. The smallest absolute Gasteiger partial charge is 0.252 e. The van der Waals surface area contributed by atoms with Crippen LogP contribution in [0.4, 0.5) is 5.13 Å². The van der Waals surface area contributed by atoms with Crippen LogP contribution in [0.5, 0.6) is 11.5 Å². The molecule has 2 amide bonds. The van der Waals surface area contributed by atoms with Gasteiger partial charge in [-0.2, -0.15) is 0 Å². The summed E-state index contributed by atoms with van der Waals surface area (Å²) in [4.78, 5) is 37.0. The summed E-state index contributed by atoms with van der Waals surface area (Å²) >= 11 is 1.35. The van der Waals surface area contributed by atoms with Crippen LogP contribution in [0.2, 0.25) is 0 Å². The van der Waals surface area contributed by atoms with Gasteiger partial charge in [0.1, 0.15) is 17.5 Å². The molecule has 8 nitrogen and oxygen atoms in total. The number of nitrogens with one attached hydrogen (secondary N) is 2. The van der Waals surface area contributed by atoms with E-state index in [9.17, 15) is 9.59 Å². The summed E-state index contributed by atoms with van der Waals surface area (Å²) in [5.74, 6) is 0.696. The van der Waals surface area contributed by atoms with E-state index in [1.807, 2.05) is 97.1 Å².